The predicted octanol–water partition coefficient (Wildman–Crippen LogP) is 5.73. The molecule has 0 aromatic carbocycles. The van der Waals surface area contributed by atoms with E-state index in [1.807, 2.05) is 12.1 Å². The maximum absolute atomic E-state index is 13.6. The lowest BCUT2D eigenvalue weighted by Gasteiger charge is -2.32. The van der Waals surface area contributed by atoms with Crippen molar-refractivity contribution in [2.45, 2.75) is 77.6 Å². The average Bonchev–Trinajstić information content (AvgIpc) is 3.18. The summed E-state index contributed by atoms with van der Waals surface area (Å²) in [6, 6.07) is 5.51. The number of hydrogen-bond acceptors (Lipinski definition) is 7. The average molecular weight is 571 g/mol. The second-order valence-electron chi connectivity index (χ2n) is 10.6. The fourth-order valence-electron chi connectivity index (χ4n) is 5.11. The van der Waals surface area contributed by atoms with Gasteiger partial charge >= 0.3 is 5.97 Å². The van der Waals surface area contributed by atoms with Crippen molar-refractivity contribution in [1.82, 2.24) is 14.3 Å². The van der Waals surface area contributed by atoms with Crippen molar-refractivity contribution < 1.29 is 14.7 Å². The number of rotatable bonds is 13. The number of nitrogens with zero attached hydrogens (tertiary/aromatic N) is 4. The minimum Gasteiger partial charge on any atom is -0.481 e. The first-order valence-electron chi connectivity index (χ1n) is 14.1. The van der Waals surface area contributed by atoms with Gasteiger partial charge in [-0.15, -0.1) is 0 Å². The Bertz CT molecular complexity index is 1280. The van der Waals surface area contributed by atoms with Gasteiger partial charge in [-0.3, -0.25) is 23.7 Å². The van der Waals surface area contributed by atoms with Gasteiger partial charge in [0.2, 0.25) is 0 Å². The minimum atomic E-state index is -0.723. The van der Waals surface area contributed by atoms with Crippen LogP contribution in [0.1, 0.15) is 83.1 Å². The molecule has 1 N–H and O–H groups in total. The Morgan fingerprint density at radius 1 is 1.08 bits per heavy atom. The van der Waals surface area contributed by atoms with Crippen LogP contribution >= 0.6 is 24.0 Å². The summed E-state index contributed by atoms with van der Waals surface area (Å²) >= 11 is 6.81. The van der Waals surface area contributed by atoms with Gasteiger partial charge in [-0.1, -0.05) is 75.5 Å². The number of thioether (sulfide) groups is 1. The van der Waals surface area contributed by atoms with Crippen molar-refractivity contribution in [3.05, 3.63) is 45.2 Å². The monoisotopic (exact) mass is 570 g/mol. The number of thiocarbonyl (C=S) groups is 1. The second-order valence-corrected chi connectivity index (χ2v) is 12.2. The predicted molar refractivity (Wildman–Crippen MR) is 161 cm³/mol. The van der Waals surface area contributed by atoms with Crippen molar-refractivity contribution in [2.75, 3.05) is 24.5 Å². The normalized spacial score (nSPS) is 17.6. The summed E-state index contributed by atoms with van der Waals surface area (Å²) in [7, 11) is 0. The van der Waals surface area contributed by atoms with Crippen LogP contribution in [-0.2, 0) is 9.59 Å². The van der Waals surface area contributed by atoms with Gasteiger partial charge in [-0.05, 0) is 49.8 Å². The van der Waals surface area contributed by atoms with E-state index in [2.05, 4.69) is 11.8 Å². The standard InChI is InChI=1S/C29H38N4O4S2/c1-21-14-18-31(19-15-21)26-22(27(36)32-16-11-9-12-24(32)30-26)20-23-28(37)33(29(38)39-23)17-10-7-5-3-2-4-6-8-13-25(34)35/h9,11-12,16,20-21H,2-8,10,13-15,17-19H2,1H3,(H,34,35). The van der Waals surface area contributed by atoms with Crippen LogP contribution < -0.4 is 10.5 Å². The van der Waals surface area contributed by atoms with Gasteiger partial charge in [-0.25, -0.2) is 4.98 Å². The largest absolute Gasteiger partial charge is 0.481 e. The molecule has 1 amide bonds. The summed E-state index contributed by atoms with van der Waals surface area (Å²) in [5, 5.41) is 8.69. The number of fused-ring (bicyclic) bond motifs is 1. The molecule has 2 aromatic heterocycles. The highest BCUT2D eigenvalue weighted by Gasteiger charge is 2.32. The van der Waals surface area contributed by atoms with Gasteiger partial charge in [0.15, 0.2) is 0 Å². The Labute approximate surface area is 239 Å². The van der Waals surface area contributed by atoms with Crippen LogP contribution in [0.25, 0.3) is 11.7 Å². The summed E-state index contributed by atoms with van der Waals surface area (Å²) in [4.78, 5) is 46.6. The van der Waals surface area contributed by atoms with E-state index < -0.39 is 5.97 Å². The molecule has 2 aliphatic heterocycles. The van der Waals surface area contributed by atoms with Crippen LogP contribution in [0.3, 0.4) is 0 Å². The first-order chi connectivity index (χ1) is 18.8. The van der Waals surface area contributed by atoms with Gasteiger partial charge < -0.3 is 10.0 Å². The quantitative estimate of drug-likeness (QED) is 0.185. The topological polar surface area (TPSA) is 95.2 Å². The number of unbranched alkanes of at least 4 members (excludes halogenated alkanes) is 7. The number of aromatic nitrogens is 2. The fraction of sp³-hybridized carbons (Fsp3) is 0.552. The molecule has 4 heterocycles. The molecule has 4 rings (SSSR count). The van der Waals surface area contributed by atoms with Crippen molar-refractivity contribution in [2.24, 2.45) is 5.92 Å². The van der Waals surface area contributed by atoms with E-state index in [-0.39, 0.29) is 17.9 Å². The van der Waals surface area contributed by atoms with Crippen molar-refractivity contribution in [3.63, 3.8) is 0 Å². The van der Waals surface area contributed by atoms with Crippen LogP contribution in [-0.4, -0.2) is 55.2 Å². The SMILES string of the molecule is CC1CCN(c2nc3ccccn3c(=O)c2C=C2SC(=S)N(CCCCCCCCCCC(=O)O)C2=O)CC1. The zero-order valence-corrected chi connectivity index (χ0v) is 24.3. The molecule has 2 aliphatic rings. The second kappa shape index (κ2) is 14.1. The minimum absolute atomic E-state index is 0.140. The first-order valence-corrected chi connectivity index (χ1v) is 15.3. The third-order valence-electron chi connectivity index (χ3n) is 7.50. The third-order valence-corrected chi connectivity index (χ3v) is 8.88. The Hall–Kier alpha value is -2.72. The summed E-state index contributed by atoms with van der Waals surface area (Å²) < 4.78 is 2.07. The van der Waals surface area contributed by atoms with Crippen LogP contribution in [0.5, 0.6) is 0 Å². The summed E-state index contributed by atoms with van der Waals surface area (Å²) in [6.07, 6.45) is 13.7. The molecule has 0 unspecified atom stereocenters. The smallest absolute Gasteiger partial charge is 0.303 e. The number of piperidine rings is 1. The number of carboxylic acid groups (broad SMARTS) is 1. The molecule has 210 valence electrons. The van der Waals surface area contributed by atoms with E-state index in [1.54, 1.807) is 23.2 Å². The summed E-state index contributed by atoms with van der Waals surface area (Å²) in [5.41, 5.74) is 0.862. The third kappa shape index (κ3) is 7.69. The highest BCUT2D eigenvalue weighted by atomic mass is 32.2. The Morgan fingerprint density at radius 3 is 2.44 bits per heavy atom. The van der Waals surface area contributed by atoms with Crippen LogP contribution in [0, 0.1) is 5.92 Å². The Balaban J connectivity index is 1.38. The molecular weight excluding hydrogens is 532 g/mol. The molecule has 2 saturated heterocycles. The van der Waals surface area contributed by atoms with Crippen molar-refractivity contribution in [1.29, 1.82) is 0 Å². The molecule has 2 aromatic rings. The Morgan fingerprint density at radius 2 is 1.74 bits per heavy atom. The molecule has 0 atom stereocenters. The molecule has 8 nitrogen and oxygen atoms in total. The molecule has 10 heteroatoms. The molecule has 0 radical (unpaired) electrons. The van der Waals surface area contributed by atoms with Gasteiger partial charge in [-0.2, -0.15) is 0 Å². The number of aliphatic carboxylic acids is 1. The van der Waals surface area contributed by atoms with Gasteiger partial charge in [0.1, 0.15) is 15.8 Å². The maximum Gasteiger partial charge on any atom is 0.303 e. The van der Waals surface area contributed by atoms with E-state index in [1.165, 1.54) is 16.2 Å². The summed E-state index contributed by atoms with van der Waals surface area (Å²) in [5.74, 6) is 0.427. The fourth-order valence-corrected chi connectivity index (χ4v) is 6.40. The lowest BCUT2D eigenvalue weighted by atomic mass is 9.99. The molecular formula is C29H38N4O4S2. The first kappa shape index (κ1) is 29.3. The van der Waals surface area contributed by atoms with Gasteiger partial charge in [0.05, 0.1) is 10.5 Å². The van der Waals surface area contributed by atoms with Crippen LogP contribution in [0.15, 0.2) is 34.1 Å². The van der Waals surface area contributed by atoms with E-state index >= 15 is 0 Å². The van der Waals surface area contributed by atoms with E-state index in [0.717, 1.165) is 77.3 Å². The highest BCUT2D eigenvalue weighted by molar-refractivity contribution is 8.26. The molecule has 0 aliphatic carbocycles. The van der Waals surface area contributed by atoms with Crippen molar-refractivity contribution >= 4 is 57.7 Å². The van der Waals surface area contributed by atoms with E-state index in [4.69, 9.17) is 22.3 Å². The highest BCUT2D eigenvalue weighted by Crippen LogP contribution is 2.34. The number of pyridine rings is 1. The number of anilines is 1. The lowest BCUT2D eigenvalue weighted by molar-refractivity contribution is -0.137. The molecule has 0 spiro atoms. The molecule has 2 fully saturated rings. The maximum atomic E-state index is 13.6. The molecule has 0 bridgehead atoms. The molecule has 39 heavy (non-hydrogen) atoms. The number of carboxylic acids is 1. The number of carbonyl (C=O) groups excluding carboxylic acids is 1. The Kier molecular flexibility index (Phi) is 10.6. The summed E-state index contributed by atoms with van der Waals surface area (Å²) in [6.45, 7) is 4.49. The van der Waals surface area contributed by atoms with Crippen molar-refractivity contribution in [3.8, 4) is 0 Å². The lowest BCUT2D eigenvalue weighted by Crippen LogP contribution is -2.36. The zero-order chi connectivity index (χ0) is 27.8. The van der Waals surface area contributed by atoms with E-state index in [9.17, 15) is 14.4 Å². The molecule has 0 saturated carbocycles. The van der Waals surface area contributed by atoms with E-state index in [0.29, 0.717) is 38.7 Å². The number of carbonyl (C=O) groups is 2. The number of hydrogen-bond donors (Lipinski definition) is 1. The van der Waals surface area contributed by atoms with Gasteiger partial charge in [0.25, 0.3) is 11.5 Å². The van der Waals surface area contributed by atoms with Crippen LogP contribution in [0.2, 0.25) is 0 Å². The number of amides is 1. The van der Waals surface area contributed by atoms with Crippen LogP contribution in [0.4, 0.5) is 5.82 Å². The van der Waals surface area contributed by atoms with Gasteiger partial charge in [0, 0.05) is 32.3 Å². The zero-order valence-electron chi connectivity index (χ0n) is 22.6.